The summed E-state index contributed by atoms with van der Waals surface area (Å²) in [5.41, 5.74) is -1.27. The zero-order valence-electron chi connectivity index (χ0n) is 25.6. The normalized spacial score (nSPS) is 14.9. The number of piperazine rings is 1. The van der Waals surface area contributed by atoms with E-state index in [2.05, 4.69) is 15.3 Å². The summed E-state index contributed by atoms with van der Waals surface area (Å²) >= 11 is 0. The Hall–Kier alpha value is -4.10. The summed E-state index contributed by atoms with van der Waals surface area (Å²) in [6, 6.07) is 9.30. The minimum absolute atomic E-state index is 0.0198. The molecule has 0 radical (unpaired) electrons. The first-order chi connectivity index (χ1) is 20.2. The molecule has 0 aliphatic carbocycles. The van der Waals surface area contributed by atoms with Gasteiger partial charge in [0.25, 0.3) is 5.91 Å². The molecule has 1 fully saturated rings. The molecule has 2 amide bonds. The van der Waals surface area contributed by atoms with Crippen molar-refractivity contribution in [2.24, 2.45) is 0 Å². The van der Waals surface area contributed by atoms with Crippen molar-refractivity contribution in [1.29, 1.82) is 0 Å². The van der Waals surface area contributed by atoms with E-state index in [1.807, 2.05) is 6.07 Å². The highest BCUT2D eigenvalue weighted by Crippen LogP contribution is 2.23. The lowest BCUT2D eigenvalue weighted by molar-refractivity contribution is -0.158. The molecular weight excluding hydrogens is 558 g/mol. The first kappa shape index (κ1) is 33.4. The maximum Gasteiger partial charge on any atom is 0.527 e. The topological polar surface area (TPSA) is 160 Å². The standard InChI is InChI=1S/C30H41N5O8/c1-7-41-28(39)43-35-17-15-34(16-18-35)27(38)21(13-14-24(36)42-29(2,3)4)32-26(37)22-19-23(30(5,6)40)33-25(31-22)20-11-9-8-10-12-20/h8-12,19,21,40H,7,13-18H2,1-6H3,(H,32,37)/t21-/m0/s1. The SMILES string of the molecule is CCOC(=O)ON1CCN(C(=O)[C@H](CCC(=O)OC(C)(C)C)NC(=O)c2cc(C(C)(C)O)nc(-c3ccccc3)n2)CC1. The summed E-state index contributed by atoms with van der Waals surface area (Å²) in [5.74, 6) is -1.35. The van der Waals surface area contributed by atoms with Gasteiger partial charge in [-0.25, -0.2) is 14.8 Å². The highest BCUT2D eigenvalue weighted by atomic mass is 16.8. The smallest absolute Gasteiger partial charge is 0.460 e. The molecule has 1 atom stereocenters. The van der Waals surface area contributed by atoms with Gasteiger partial charge in [0.1, 0.15) is 22.9 Å². The fraction of sp³-hybridized carbons (Fsp3) is 0.533. The van der Waals surface area contributed by atoms with E-state index in [0.29, 0.717) is 5.56 Å². The second-order valence-electron chi connectivity index (χ2n) is 11.6. The second-order valence-corrected chi connectivity index (χ2v) is 11.6. The largest absolute Gasteiger partial charge is 0.527 e. The van der Waals surface area contributed by atoms with Crippen LogP contribution in [-0.2, 0) is 29.5 Å². The van der Waals surface area contributed by atoms with Crippen LogP contribution >= 0.6 is 0 Å². The van der Waals surface area contributed by atoms with Crippen molar-refractivity contribution in [2.45, 2.75) is 71.6 Å². The van der Waals surface area contributed by atoms with Crippen molar-refractivity contribution < 1.29 is 38.6 Å². The van der Waals surface area contributed by atoms with E-state index in [1.54, 1.807) is 65.8 Å². The Morgan fingerprint density at radius 2 is 1.65 bits per heavy atom. The molecule has 1 aliphatic heterocycles. The van der Waals surface area contributed by atoms with Crippen LogP contribution in [0.15, 0.2) is 36.4 Å². The van der Waals surface area contributed by atoms with Gasteiger partial charge in [-0.2, -0.15) is 0 Å². The molecule has 234 valence electrons. The lowest BCUT2D eigenvalue weighted by Crippen LogP contribution is -2.55. The van der Waals surface area contributed by atoms with Crippen LogP contribution in [0.1, 0.15) is 70.6 Å². The summed E-state index contributed by atoms with van der Waals surface area (Å²) in [6.45, 7) is 11.1. The molecule has 0 unspecified atom stereocenters. The van der Waals surface area contributed by atoms with Crippen LogP contribution in [0.3, 0.4) is 0 Å². The number of carbonyl (C=O) groups excluding carboxylic acids is 4. The highest BCUT2D eigenvalue weighted by molar-refractivity contribution is 5.96. The number of nitrogens with one attached hydrogen (secondary N) is 1. The van der Waals surface area contributed by atoms with Crippen molar-refractivity contribution >= 4 is 23.9 Å². The lowest BCUT2D eigenvalue weighted by Gasteiger charge is -2.35. The minimum Gasteiger partial charge on any atom is -0.460 e. The summed E-state index contributed by atoms with van der Waals surface area (Å²) in [5, 5.41) is 14.8. The molecule has 13 nitrogen and oxygen atoms in total. The Morgan fingerprint density at radius 3 is 2.23 bits per heavy atom. The highest BCUT2D eigenvalue weighted by Gasteiger charge is 2.32. The van der Waals surface area contributed by atoms with E-state index in [0.717, 1.165) is 0 Å². The van der Waals surface area contributed by atoms with Crippen molar-refractivity contribution in [1.82, 2.24) is 25.2 Å². The van der Waals surface area contributed by atoms with Gasteiger partial charge in [0, 0.05) is 25.1 Å². The van der Waals surface area contributed by atoms with E-state index in [1.165, 1.54) is 16.0 Å². The predicted molar refractivity (Wildman–Crippen MR) is 155 cm³/mol. The number of benzene rings is 1. The van der Waals surface area contributed by atoms with Crippen LogP contribution in [0.2, 0.25) is 0 Å². The first-order valence-corrected chi connectivity index (χ1v) is 14.2. The van der Waals surface area contributed by atoms with E-state index in [9.17, 15) is 24.3 Å². The molecule has 0 saturated carbocycles. The number of aromatic nitrogens is 2. The van der Waals surface area contributed by atoms with Gasteiger partial charge in [0.05, 0.1) is 25.4 Å². The summed E-state index contributed by atoms with van der Waals surface area (Å²) in [4.78, 5) is 66.9. The van der Waals surface area contributed by atoms with Gasteiger partial charge >= 0.3 is 12.1 Å². The summed E-state index contributed by atoms with van der Waals surface area (Å²) in [7, 11) is 0. The molecule has 1 aliphatic rings. The second kappa shape index (κ2) is 14.4. The zero-order chi connectivity index (χ0) is 31.8. The zero-order valence-corrected chi connectivity index (χ0v) is 25.6. The number of aliphatic hydroxyl groups is 1. The number of carbonyl (C=O) groups is 4. The summed E-state index contributed by atoms with van der Waals surface area (Å²) in [6.07, 6.45) is -0.961. The number of hydrogen-bond donors (Lipinski definition) is 2. The molecule has 2 heterocycles. The third-order valence-corrected chi connectivity index (χ3v) is 6.29. The molecule has 2 N–H and O–H groups in total. The van der Waals surface area contributed by atoms with Crippen LogP contribution in [0.25, 0.3) is 11.4 Å². The van der Waals surface area contributed by atoms with E-state index in [4.69, 9.17) is 14.3 Å². The van der Waals surface area contributed by atoms with Crippen LogP contribution in [0.4, 0.5) is 4.79 Å². The molecule has 13 heteroatoms. The Balaban J connectivity index is 1.82. The number of amides is 2. The maximum absolute atomic E-state index is 13.6. The Labute approximate surface area is 251 Å². The Morgan fingerprint density at radius 1 is 1.00 bits per heavy atom. The number of esters is 1. The van der Waals surface area contributed by atoms with Gasteiger partial charge in [-0.1, -0.05) is 30.3 Å². The fourth-order valence-corrected chi connectivity index (χ4v) is 4.21. The van der Waals surface area contributed by atoms with Crippen molar-refractivity contribution in [3.05, 3.63) is 47.8 Å². The van der Waals surface area contributed by atoms with E-state index < -0.39 is 41.2 Å². The summed E-state index contributed by atoms with van der Waals surface area (Å²) < 4.78 is 10.2. The van der Waals surface area contributed by atoms with Crippen molar-refractivity contribution in [3.63, 3.8) is 0 Å². The third-order valence-electron chi connectivity index (χ3n) is 6.29. The molecule has 43 heavy (non-hydrogen) atoms. The molecule has 1 aromatic carbocycles. The third kappa shape index (κ3) is 10.3. The number of hydrogen-bond acceptors (Lipinski definition) is 11. The van der Waals surface area contributed by atoms with Gasteiger partial charge in [0.15, 0.2) is 5.82 Å². The molecule has 0 spiro atoms. The van der Waals surface area contributed by atoms with E-state index in [-0.39, 0.29) is 62.8 Å². The van der Waals surface area contributed by atoms with Gasteiger partial charge in [-0.3, -0.25) is 14.4 Å². The molecule has 1 saturated heterocycles. The monoisotopic (exact) mass is 599 g/mol. The maximum atomic E-state index is 13.6. The average molecular weight is 600 g/mol. The van der Waals surface area contributed by atoms with Gasteiger partial charge < -0.3 is 29.6 Å². The predicted octanol–water partition coefficient (Wildman–Crippen LogP) is 2.82. The molecular formula is C30H41N5O8. The van der Waals surface area contributed by atoms with Crippen LogP contribution in [0.5, 0.6) is 0 Å². The number of rotatable bonds is 10. The van der Waals surface area contributed by atoms with E-state index >= 15 is 0 Å². The molecule has 1 aromatic heterocycles. The average Bonchev–Trinajstić information content (AvgIpc) is 2.94. The van der Waals surface area contributed by atoms with Crippen molar-refractivity contribution in [2.75, 3.05) is 32.8 Å². The van der Waals surface area contributed by atoms with Crippen LogP contribution in [0, 0.1) is 0 Å². The first-order valence-electron chi connectivity index (χ1n) is 14.2. The van der Waals surface area contributed by atoms with Crippen molar-refractivity contribution in [3.8, 4) is 11.4 Å². The lowest BCUT2D eigenvalue weighted by atomic mass is 10.0. The molecule has 3 rings (SSSR count). The number of ether oxygens (including phenoxy) is 2. The van der Waals surface area contributed by atoms with Gasteiger partial charge in [-0.15, -0.1) is 5.06 Å². The Kier molecular flexibility index (Phi) is 11.2. The van der Waals surface area contributed by atoms with Crippen LogP contribution in [-0.4, -0.2) is 93.4 Å². The molecule has 0 bridgehead atoms. The number of hydroxylamine groups is 2. The van der Waals surface area contributed by atoms with Gasteiger partial charge in [0.2, 0.25) is 5.91 Å². The molecule has 2 aromatic rings. The quantitative estimate of drug-likeness (QED) is 0.387. The fourth-order valence-electron chi connectivity index (χ4n) is 4.21. The Bertz CT molecular complexity index is 1280. The minimum atomic E-state index is -1.38. The number of nitrogens with zero attached hydrogens (tertiary/aromatic N) is 4. The van der Waals surface area contributed by atoms with Crippen LogP contribution < -0.4 is 5.32 Å². The van der Waals surface area contributed by atoms with Gasteiger partial charge in [-0.05, 0) is 54.0 Å².